The fourth-order valence-electron chi connectivity index (χ4n) is 3.07. The monoisotopic (exact) mass is 304 g/mol. The molecule has 0 radical (unpaired) electrons. The average Bonchev–Trinajstić information content (AvgIpc) is 3.17. The molecule has 0 fully saturated rings. The maximum atomic E-state index is 4.81. The Morgan fingerprint density at radius 3 is 2.09 bits per heavy atom. The van der Waals surface area contributed by atoms with Gasteiger partial charge in [-0.05, 0) is 30.7 Å². The molecule has 1 atom stereocenters. The SMILES string of the molecule is CCC(C)(Cc1nc2ccccc2[nH]1)c1nc2ccccc2[nH]1. The van der Waals surface area contributed by atoms with Gasteiger partial charge in [-0.1, -0.05) is 38.1 Å². The molecule has 0 saturated carbocycles. The Balaban J connectivity index is 1.73. The van der Waals surface area contributed by atoms with Gasteiger partial charge in [0.1, 0.15) is 11.6 Å². The molecule has 4 nitrogen and oxygen atoms in total. The number of aromatic nitrogens is 4. The van der Waals surface area contributed by atoms with E-state index in [9.17, 15) is 0 Å². The van der Waals surface area contributed by atoms with Crippen molar-refractivity contribution in [1.29, 1.82) is 0 Å². The third kappa shape index (κ3) is 2.40. The highest BCUT2D eigenvalue weighted by atomic mass is 15.0. The Labute approximate surface area is 135 Å². The Bertz CT molecular complexity index is 900. The van der Waals surface area contributed by atoms with E-state index < -0.39 is 0 Å². The number of para-hydroxylation sites is 4. The van der Waals surface area contributed by atoms with Gasteiger partial charge in [0.2, 0.25) is 0 Å². The molecule has 4 heteroatoms. The molecule has 2 aromatic carbocycles. The van der Waals surface area contributed by atoms with E-state index in [1.54, 1.807) is 0 Å². The first-order valence-corrected chi connectivity index (χ1v) is 8.07. The van der Waals surface area contributed by atoms with Crippen molar-refractivity contribution in [2.24, 2.45) is 0 Å². The average molecular weight is 304 g/mol. The second-order valence-electron chi connectivity index (χ2n) is 6.39. The normalized spacial score (nSPS) is 14.3. The maximum Gasteiger partial charge on any atom is 0.113 e. The summed E-state index contributed by atoms with van der Waals surface area (Å²) < 4.78 is 0. The van der Waals surface area contributed by atoms with Crippen molar-refractivity contribution in [3.05, 3.63) is 60.2 Å². The van der Waals surface area contributed by atoms with Gasteiger partial charge >= 0.3 is 0 Å². The Kier molecular flexibility index (Phi) is 3.18. The van der Waals surface area contributed by atoms with E-state index in [-0.39, 0.29) is 5.41 Å². The van der Waals surface area contributed by atoms with Gasteiger partial charge in [-0.25, -0.2) is 9.97 Å². The zero-order valence-corrected chi connectivity index (χ0v) is 13.4. The highest BCUT2D eigenvalue weighted by Gasteiger charge is 2.30. The van der Waals surface area contributed by atoms with Crippen LogP contribution >= 0.6 is 0 Å². The van der Waals surface area contributed by atoms with Crippen LogP contribution in [0.5, 0.6) is 0 Å². The van der Waals surface area contributed by atoms with Gasteiger partial charge in [0, 0.05) is 11.8 Å². The molecule has 0 aliphatic rings. The number of imidazole rings is 2. The zero-order chi connectivity index (χ0) is 15.9. The molecule has 4 aromatic rings. The number of nitrogens with zero attached hydrogens (tertiary/aromatic N) is 2. The minimum absolute atomic E-state index is 0.0765. The summed E-state index contributed by atoms with van der Waals surface area (Å²) in [6.07, 6.45) is 1.82. The molecule has 0 saturated heterocycles. The fraction of sp³-hybridized carbons (Fsp3) is 0.263. The number of benzene rings is 2. The molecule has 0 aliphatic heterocycles. The van der Waals surface area contributed by atoms with E-state index >= 15 is 0 Å². The standard InChI is InChI=1S/C19H20N4/c1-3-19(2,18-22-15-10-6-7-11-16(15)23-18)12-17-20-13-8-4-5-9-14(13)21-17/h4-11H,3,12H2,1-2H3,(H,20,21)(H,22,23). The lowest BCUT2D eigenvalue weighted by atomic mass is 9.83. The van der Waals surface area contributed by atoms with Crippen molar-refractivity contribution in [3.63, 3.8) is 0 Å². The van der Waals surface area contributed by atoms with Crippen LogP contribution in [0.1, 0.15) is 31.9 Å². The van der Waals surface area contributed by atoms with Crippen molar-refractivity contribution < 1.29 is 0 Å². The van der Waals surface area contributed by atoms with Crippen molar-refractivity contribution in [1.82, 2.24) is 19.9 Å². The molecule has 23 heavy (non-hydrogen) atoms. The van der Waals surface area contributed by atoms with Crippen LogP contribution in [0.2, 0.25) is 0 Å². The summed E-state index contributed by atoms with van der Waals surface area (Å²) in [5.41, 5.74) is 4.14. The maximum absolute atomic E-state index is 4.81. The van der Waals surface area contributed by atoms with Gasteiger partial charge in [-0.2, -0.15) is 0 Å². The molecular formula is C19H20N4. The van der Waals surface area contributed by atoms with Crippen molar-refractivity contribution in [2.75, 3.05) is 0 Å². The minimum Gasteiger partial charge on any atom is -0.342 e. The van der Waals surface area contributed by atoms with Gasteiger partial charge in [-0.3, -0.25) is 0 Å². The Morgan fingerprint density at radius 1 is 0.870 bits per heavy atom. The number of nitrogens with one attached hydrogen (secondary N) is 2. The minimum atomic E-state index is -0.0765. The molecule has 2 N–H and O–H groups in total. The summed E-state index contributed by atoms with van der Waals surface area (Å²) in [5.74, 6) is 2.04. The summed E-state index contributed by atoms with van der Waals surface area (Å²) in [5, 5.41) is 0. The van der Waals surface area contributed by atoms with Crippen molar-refractivity contribution in [2.45, 2.75) is 32.1 Å². The number of fused-ring (bicyclic) bond motifs is 2. The summed E-state index contributed by atoms with van der Waals surface area (Å²) in [6, 6.07) is 16.3. The lowest BCUT2D eigenvalue weighted by Crippen LogP contribution is -2.26. The van der Waals surface area contributed by atoms with E-state index in [2.05, 4.69) is 35.9 Å². The molecule has 0 aliphatic carbocycles. The molecule has 0 bridgehead atoms. The van der Waals surface area contributed by atoms with E-state index in [0.717, 1.165) is 46.6 Å². The van der Waals surface area contributed by atoms with Crippen LogP contribution in [-0.4, -0.2) is 19.9 Å². The number of hydrogen-bond acceptors (Lipinski definition) is 2. The largest absolute Gasteiger partial charge is 0.342 e. The van der Waals surface area contributed by atoms with Crippen LogP contribution < -0.4 is 0 Å². The summed E-state index contributed by atoms with van der Waals surface area (Å²) >= 11 is 0. The van der Waals surface area contributed by atoms with Gasteiger partial charge in [0.25, 0.3) is 0 Å². The van der Waals surface area contributed by atoms with Crippen LogP contribution in [0.4, 0.5) is 0 Å². The number of H-pyrrole nitrogens is 2. The third-order valence-corrected chi connectivity index (χ3v) is 4.74. The molecule has 0 spiro atoms. The zero-order valence-electron chi connectivity index (χ0n) is 13.4. The van der Waals surface area contributed by atoms with Crippen LogP contribution in [0.3, 0.4) is 0 Å². The van der Waals surface area contributed by atoms with Crippen LogP contribution in [-0.2, 0) is 11.8 Å². The van der Waals surface area contributed by atoms with Crippen molar-refractivity contribution >= 4 is 22.1 Å². The molecule has 2 heterocycles. The number of aromatic amines is 2. The molecular weight excluding hydrogens is 284 g/mol. The summed E-state index contributed by atoms with van der Waals surface area (Å²) in [7, 11) is 0. The summed E-state index contributed by atoms with van der Waals surface area (Å²) in [6.45, 7) is 4.45. The molecule has 0 amide bonds. The smallest absolute Gasteiger partial charge is 0.113 e. The first-order valence-electron chi connectivity index (χ1n) is 8.07. The number of rotatable bonds is 4. The quantitative estimate of drug-likeness (QED) is 0.589. The Hall–Kier alpha value is -2.62. The van der Waals surface area contributed by atoms with Gasteiger partial charge < -0.3 is 9.97 Å². The van der Waals surface area contributed by atoms with E-state index in [1.165, 1.54) is 0 Å². The van der Waals surface area contributed by atoms with Gasteiger partial charge in [0.05, 0.1) is 22.1 Å². The molecule has 1 unspecified atom stereocenters. The first-order chi connectivity index (χ1) is 11.2. The highest BCUT2D eigenvalue weighted by Crippen LogP contribution is 2.30. The molecule has 116 valence electrons. The van der Waals surface area contributed by atoms with Crippen LogP contribution in [0, 0.1) is 0 Å². The van der Waals surface area contributed by atoms with E-state index in [1.807, 2.05) is 36.4 Å². The van der Waals surface area contributed by atoms with Crippen LogP contribution in [0.15, 0.2) is 48.5 Å². The predicted molar refractivity (Wildman–Crippen MR) is 93.5 cm³/mol. The second kappa shape index (κ2) is 5.23. The third-order valence-electron chi connectivity index (χ3n) is 4.74. The fourth-order valence-corrected chi connectivity index (χ4v) is 3.07. The Morgan fingerprint density at radius 2 is 1.48 bits per heavy atom. The van der Waals surface area contributed by atoms with Crippen LogP contribution in [0.25, 0.3) is 22.1 Å². The number of hydrogen-bond donors (Lipinski definition) is 2. The van der Waals surface area contributed by atoms with Crippen molar-refractivity contribution in [3.8, 4) is 0 Å². The lowest BCUT2D eigenvalue weighted by Gasteiger charge is -2.24. The molecule has 4 rings (SSSR count). The predicted octanol–water partition coefficient (Wildman–Crippen LogP) is 4.35. The lowest BCUT2D eigenvalue weighted by molar-refractivity contribution is 0.420. The van der Waals surface area contributed by atoms with Gasteiger partial charge in [0.15, 0.2) is 0 Å². The summed E-state index contributed by atoms with van der Waals surface area (Å²) in [4.78, 5) is 16.5. The topological polar surface area (TPSA) is 57.4 Å². The first kappa shape index (κ1) is 14.0. The van der Waals surface area contributed by atoms with E-state index in [0.29, 0.717) is 0 Å². The molecule has 2 aromatic heterocycles. The van der Waals surface area contributed by atoms with Gasteiger partial charge in [-0.15, -0.1) is 0 Å². The van der Waals surface area contributed by atoms with E-state index in [4.69, 9.17) is 9.97 Å². The second-order valence-corrected chi connectivity index (χ2v) is 6.39. The highest BCUT2D eigenvalue weighted by molar-refractivity contribution is 5.75.